The molecule has 0 radical (unpaired) electrons. The summed E-state index contributed by atoms with van der Waals surface area (Å²) in [6.45, 7) is 3.45. The van der Waals surface area contributed by atoms with E-state index < -0.39 is 23.8 Å². The van der Waals surface area contributed by atoms with Crippen molar-refractivity contribution in [2.24, 2.45) is 11.8 Å². The fourth-order valence-corrected chi connectivity index (χ4v) is 5.19. The molecule has 0 aliphatic heterocycles. The van der Waals surface area contributed by atoms with Gasteiger partial charge in [0.2, 0.25) is 0 Å². The number of pyridine rings is 1. The van der Waals surface area contributed by atoms with Crippen LogP contribution in [0.15, 0.2) is 35.5 Å². The second kappa shape index (κ2) is 7.35. The molecule has 3 aromatic rings. The van der Waals surface area contributed by atoms with Gasteiger partial charge in [-0.2, -0.15) is 0 Å². The number of aromatic nitrogens is 3. The molecule has 0 amide bonds. The smallest absolute Gasteiger partial charge is 0.266 e. The molecule has 6 rings (SSSR count). The number of rotatable bonds is 5. The molecule has 162 valence electrons. The van der Waals surface area contributed by atoms with Gasteiger partial charge in [0.05, 0.1) is 22.5 Å². The second-order valence-corrected chi connectivity index (χ2v) is 8.77. The van der Waals surface area contributed by atoms with Crippen molar-refractivity contribution in [1.82, 2.24) is 14.5 Å². The fourth-order valence-electron chi connectivity index (χ4n) is 5.19. The number of fused-ring (bicyclic) bond motifs is 2. The van der Waals surface area contributed by atoms with E-state index in [1.807, 2.05) is 4.57 Å². The van der Waals surface area contributed by atoms with Crippen molar-refractivity contribution in [1.29, 1.82) is 0 Å². The quantitative estimate of drug-likeness (QED) is 0.598. The molecular weight excluding hydrogens is 405 g/mol. The van der Waals surface area contributed by atoms with Crippen molar-refractivity contribution < 1.29 is 13.2 Å². The van der Waals surface area contributed by atoms with Crippen molar-refractivity contribution in [3.8, 4) is 0 Å². The van der Waals surface area contributed by atoms with Crippen molar-refractivity contribution in [3.05, 3.63) is 63.6 Å². The third-order valence-corrected chi connectivity index (χ3v) is 6.92. The average Bonchev–Trinajstić information content (AvgIpc) is 3.32. The Morgan fingerprint density at radius 1 is 1.16 bits per heavy atom. The topological polar surface area (TPSA) is 59.8 Å². The predicted octanol–water partition coefficient (Wildman–Crippen LogP) is 5.32. The van der Waals surface area contributed by atoms with Crippen molar-refractivity contribution in [2.45, 2.75) is 51.6 Å². The van der Waals surface area contributed by atoms with Crippen LogP contribution < -0.4 is 10.9 Å². The molecule has 1 aromatic carbocycles. The van der Waals surface area contributed by atoms with E-state index in [9.17, 15) is 18.0 Å². The minimum absolute atomic E-state index is 0.0431. The minimum atomic E-state index is -2.89. The summed E-state index contributed by atoms with van der Waals surface area (Å²) in [5.74, 6) is 0.759. The minimum Gasteiger partial charge on any atom is -0.363 e. The SMILES string of the molecule is Cc1c(=O)n([C@H]2CC3CC2C3)cc2c(N[C@H](C)c3cccc(C(F)F)c3F)ncnc12. The number of hydrogen-bond acceptors (Lipinski definition) is 4. The fraction of sp³-hybridized carbons (Fsp3) is 0.435. The summed E-state index contributed by atoms with van der Waals surface area (Å²) in [5, 5.41) is 3.81. The Morgan fingerprint density at radius 3 is 2.58 bits per heavy atom. The molecule has 3 saturated carbocycles. The lowest BCUT2D eigenvalue weighted by molar-refractivity contribution is 0.146. The van der Waals surface area contributed by atoms with E-state index in [1.165, 1.54) is 31.3 Å². The molecule has 0 saturated heterocycles. The standard InChI is InChI=1S/C23H23F3N4O/c1-11-20-17(9-30(23(11)31)18-8-13-6-14(18)7-13)22(28-10-27-20)29-12(2)15-4-3-5-16(19(15)24)21(25)26/h3-5,9-10,12-14,18,21H,6-8H2,1-2H3,(H,27,28,29)/t12-,13?,14?,18+/m1/s1. The van der Waals surface area contributed by atoms with E-state index in [0.717, 1.165) is 12.5 Å². The monoisotopic (exact) mass is 428 g/mol. The molecule has 5 nitrogen and oxygen atoms in total. The number of halogens is 3. The van der Waals surface area contributed by atoms with Gasteiger partial charge in [-0.1, -0.05) is 18.2 Å². The Hall–Kier alpha value is -2.90. The van der Waals surface area contributed by atoms with E-state index in [-0.39, 0.29) is 17.2 Å². The van der Waals surface area contributed by atoms with Crippen LogP contribution >= 0.6 is 0 Å². The summed E-state index contributed by atoms with van der Waals surface area (Å²) in [6, 6.07) is 3.56. The summed E-state index contributed by atoms with van der Waals surface area (Å²) in [7, 11) is 0. The van der Waals surface area contributed by atoms with Gasteiger partial charge in [0.25, 0.3) is 12.0 Å². The maximum Gasteiger partial charge on any atom is 0.266 e. The first-order valence-electron chi connectivity index (χ1n) is 10.5. The van der Waals surface area contributed by atoms with E-state index in [0.29, 0.717) is 34.1 Å². The normalized spacial score (nSPS) is 23.2. The molecule has 3 fully saturated rings. The Kier molecular flexibility index (Phi) is 4.75. The molecule has 2 atom stereocenters. The largest absolute Gasteiger partial charge is 0.363 e. The second-order valence-electron chi connectivity index (χ2n) is 8.77. The molecule has 3 aliphatic rings. The average molecular weight is 428 g/mol. The number of nitrogens with one attached hydrogen (secondary N) is 1. The Balaban J connectivity index is 1.55. The van der Waals surface area contributed by atoms with Crippen LogP contribution in [0.5, 0.6) is 0 Å². The Labute approximate surface area is 177 Å². The zero-order chi connectivity index (χ0) is 21.9. The van der Waals surface area contributed by atoms with Gasteiger partial charge in [-0.15, -0.1) is 0 Å². The Morgan fingerprint density at radius 2 is 1.90 bits per heavy atom. The molecule has 0 unspecified atom stereocenters. The van der Waals surface area contributed by atoms with Gasteiger partial charge >= 0.3 is 0 Å². The third kappa shape index (κ3) is 3.20. The van der Waals surface area contributed by atoms with E-state index in [1.54, 1.807) is 20.0 Å². The number of anilines is 1. The van der Waals surface area contributed by atoms with Gasteiger partial charge in [-0.25, -0.2) is 23.1 Å². The molecule has 2 heterocycles. The van der Waals surface area contributed by atoms with Crippen LogP contribution in [0.25, 0.3) is 10.9 Å². The van der Waals surface area contributed by atoms with Crippen LogP contribution in [0.1, 0.15) is 61.4 Å². The van der Waals surface area contributed by atoms with Crippen LogP contribution in [0, 0.1) is 24.6 Å². The van der Waals surface area contributed by atoms with Crippen LogP contribution in [-0.2, 0) is 0 Å². The zero-order valence-electron chi connectivity index (χ0n) is 17.3. The summed E-state index contributed by atoms with van der Waals surface area (Å²) in [5.41, 5.74) is 0.553. The molecule has 1 N–H and O–H groups in total. The summed E-state index contributed by atoms with van der Waals surface area (Å²) in [4.78, 5) is 21.6. The highest BCUT2D eigenvalue weighted by atomic mass is 19.3. The number of alkyl halides is 2. The summed E-state index contributed by atoms with van der Waals surface area (Å²) in [6.07, 6.45) is 3.61. The number of hydrogen-bond donors (Lipinski definition) is 1. The molecule has 31 heavy (non-hydrogen) atoms. The van der Waals surface area contributed by atoms with Crippen LogP contribution in [0.2, 0.25) is 0 Å². The van der Waals surface area contributed by atoms with Crippen LogP contribution in [-0.4, -0.2) is 14.5 Å². The lowest BCUT2D eigenvalue weighted by Crippen LogP contribution is -2.28. The highest BCUT2D eigenvalue weighted by Crippen LogP contribution is 2.54. The van der Waals surface area contributed by atoms with E-state index in [2.05, 4.69) is 15.3 Å². The van der Waals surface area contributed by atoms with Crippen molar-refractivity contribution in [2.75, 3.05) is 5.32 Å². The third-order valence-electron chi connectivity index (χ3n) is 6.92. The van der Waals surface area contributed by atoms with Gasteiger partial charge in [-0.3, -0.25) is 4.79 Å². The molecule has 2 aromatic heterocycles. The van der Waals surface area contributed by atoms with Gasteiger partial charge in [0.1, 0.15) is 18.0 Å². The lowest BCUT2D eigenvalue weighted by atomic mass is 9.84. The van der Waals surface area contributed by atoms with Gasteiger partial charge in [0.15, 0.2) is 0 Å². The predicted molar refractivity (Wildman–Crippen MR) is 112 cm³/mol. The first kappa shape index (κ1) is 20.0. The van der Waals surface area contributed by atoms with Gasteiger partial charge in [0, 0.05) is 23.4 Å². The molecule has 2 bridgehead atoms. The lowest BCUT2D eigenvalue weighted by Gasteiger charge is -2.26. The first-order chi connectivity index (χ1) is 14.8. The van der Waals surface area contributed by atoms with Crippen LogP contribution in [0.4, 0.5) is 19.0 Å². The van der Waals surface area contributed by atoms with Crippen LogP contribution in [0.3, 0.4) is 0 Å². The molecular formula is C23H23F3N4O. The highest BCUT2D eigenvalue weighted by molar-refractivity contribution is 5.90. The summed E-state index contributed by atoms with van der Waals surface area (Å²) < 4.78 is 42.6. The van der Waals surface area contributed by atoms with Gasteiger partial charge < -0.3 is 9.88 Å². The van der Waals surface area contributed by atoms with Gasteiger partial charge in [-0.05, 0) is 44.9 Å². The summed E-state index contributed by atoms with van der Waals surface area (Å²) >= 11 is 0. The first-order valence-corrected chi connectivity index (χ1v) is 10.5. The molecule has 8 heteroatoms. The van der Waals surface area contributed by atoms with Crippen molar-refractivity contribution in [3.63, 3.8) is 0 Å². The number of nitrogens with zero attached hydrogens (tertiary/aromatic N) is 3. The van der Waals surface area contributed by atoms with Crippen molar-refractivity contribution >= 4 is 16.7 Å². The van der Waals surface area contributed by atoms with E-state index in [4.69, 9.17) is 0 Å². The van der Waals surface area contributed by atoms with E-state index >= 15 is 0 Å². The highest BCUT2D eigenvalue weighted by Gasteiger charge is 2.45. The zero-order valence-corrected chi connectivity index (χ0v) is 17.3. The maximum atomic E-state index is 14.6. The number of benzene rings is 1. The number of aryl methyl sites for hydroxylation is 1. The Bertz CT molecular complexity index is 1220. The molecule has 0 spiro atoms. The molecule has 3 aliphatic carbocycles. The maximum absolute atomic E-state index is 14.6.